The van der Waals surface area contributed by atoms with Crippen LogP contribution in [0.2, 0.25) is 0 Å². The fraction of sp³-hybridized carbons (Fsp3) is 0.250. The number of hydroxylamine groups is 1. The van der Waals surface area contributed by atoms with E-state index in [0.717, 1.165) is 0 Å². The van der Waals surface area contributed by atoms with Gasteiger partial charge in [-0.15, -0.1) is 0 Å². The van der Waals surface area contributed by atoms with Crippen LogP contribution in [0.3, 0.4) is 0 Å². The topological polar surface area (TPSA) is 75.7 Å². The minimum absolute atomic E-state index is 0.0626. The van der Waals surface area contributed by atoms with Gasteiger partial charge >= 0.3 is 0 Å². The third-order valence-corrected chi connectivity index (χ3v) is 4.11. The van der Waals surface area contributed by atoms with E-state index in [-0.39, 0.29) is 22.9 Å². The average Bonchev–Trinajstić information content (AvgIpc) is 2.65. The molecule has 1 unspecified atom stereocenters. The number of hydrogen-bond donors (Lipinski definition) is 1. The number of oxime groups is 1. The van der Waals surface area contributed by atoms with Gasteiger partial charge in [0.05, 0.1) is 0 Å². The molecule has 0 saturated heterocycles. The first-order chi connectivity index (χ1) is 12.4. The van der Waals surface area contributed by atoms with Crippen molar-refractivity contribution in [3.8, 4) is 0 Å². The molecule has 6 heteroatoms. The maximum atomic E-state index is 13.0. The van der Waals surface area contributed by atoms with Crippen LogP contribution in [-0.4, -0.2) is 33.2 Å². The standard InChI is InChI=1S/C20H21FN2O3/c1-13(2)19(18(22-25)15-7-5-4-6-8-15)23(26)14(3)20(24)16-9-11-17(21)12-10-16/h4-13,19,25H,1-3H3/b22-18+,23-14-. The molecule has 0 saturated carbocycles. The minimum Gasteiger partial charge on any atom is -0.623 e. The number of hydrogen-bond acceptors (Lipinski definition) is 4. The first kappa shape index (κ1) is 19.3. The van der Waals surface area contributed by atoms with Crippen LogP contribution in [0.15, 0.2) is 59.8 Å². The predicted molar refractivity (Wildman–Crippen MR) is 98.4 cm³/mol. The Labute approximate surface area is 151 Å². The minimum atomic E-state index is -0.855. The Kier molecular flexibility index (Phi) is 6.22. The summed E-state index contributed by atoms with van der Waals surface area (Å²) in [5, 5.41) is 25.8. The average molecular weight is 356 g/mol. The summed E-state index contributed by atoms with van der Waals surface area (Å²) in [6, 6.07) is 13.0. The molecule has 0 spiro atoms. The zero-order valence-electron chi connectivity index (χ0n) is 14.9. The quantitative estimate of drug-likeness (QED) is 0.213. The molecule has 0 aliphatic rings. The Morgan fingerprint density at radius 2 is 1.65 bits per heavy atom. The van der Waals surface area contributed by atoms with Crippen molar-refractivity contribution in [2.45, 2.75) is 26.8 Å². The molecule has 0 aliphatic heterocycles. The molecular weight excluding hydrogens is 335 g/mol. The van der Waals surface area contributed by atoms with Crippen molar-refractivity contribution in [2.75, 3.05) is 0 Å². The smallest absolute Gasteiger partial charge is 0.252 e. The van der Waals surface area contributed by atoms with Crippen LogP contribution in [0.1, 0.15) is 36.7 Å². The van der Waals surface area contributed by atoms with E-state index in [1.54, 1.807) is 38.1 Å². The van der Waals surface area contributed by atoms with Crippen molar-refractivity contribution >= 4 is 17.2 Å². The molecule has 26 heavy (non-hydrogen) atoms. The fourth-order valence-electron chi connectivity index (χ4n) is 2.71. The zero-order valence-corrected chi connectivity index (χ0v) is 14.9. The number of ketones is 1. The normalized spacial score (nSPS) is 14.1. The molecule has 5 nitrogen and oxygen atoms in total. The van der Waals surface area contributed by atoms with Gasteiger partial charge in [0.25, 0.3) is 5.78 Å². The van der Waals surface area contributed by atoms with Gasteiger partial charge in [0, 0.05) is 24.0 Å². The summed E-state index contributed by atoms with van der Waals surface area (Å²) in [5.41, 5.74) is 0.931. The molecule has 2 aromatic rings. The van der Waals surface area contributed by atoms with E-state index < -0.39 is 17.6 Å². The first-order valence-electron chi connectivity index (χ1n) is 8.24. The molecule has 136 valence electrons. The van der Waals surface area contributed by atoms with E-state index in [4.69, 9.17) is 0 Å². The van der Waals surface area contributed by atoms with Crippen molar-refractivity contribution < 1.29 is 19.1 Å². The molecule has 2 aromatic carbocycles. The Morgan fingerprint density at radius 3 is 2.15 bits per heavy atom. The molecule has 0 radical (unpaired) electrons. The predicted octanol–water partition coefficient (Wildman–Crippen LogP) is 3.88. The van der Waals surface area contributed by atoms with E-state index >= 15 is 0 Å². The number of halogens is 1. The number of Topliss-reactive ketones (excluding diaryl/α,β-unsaturated/α-hetero) is 1. The van der Waals surface area contributed by atoms with Crippen LogP contribution in [0.5, 0.6) is 0 Å². The Balaban J connectivity index is 2.46. The molecular formula is C20H21FN2O3. The highest BCUT2D eigenvalue weighted by Crippen LogP contribution is 2.16. The highest BCUT2D eigenvalue weighted by Gasteiger charge is 2.32. The van der Waals surface area contributed by atoms with Gasteiger partial charge in [0.15, 0.2) is 5.71 Å². The molecule has 0 aromatic heterocycles. The lowest BCUT2D eigenvalue weighted by molar-refractivity contribution is -0.488. The third kappa shape index (κ3) is 4.14. The van der Waals surface area contributed by atoms with Gasteiger partial charge in [-0.3, -0.25) is 4.79 Å². The number of nitrogens with zero attached hydrogens (tertiary/aromatic N) is 2. The maximum Gasteiger partial charge on any atom is 0.252 e. The van der Waals surface area contributed by atoms with Crippen LogP contribution >= 0.6 is 0 Å². The van der Waals surface area contributed by atoms with Crippen LogP contribution in [0, 0.1) is 16.9 Å². The molecule has 2 rings (SSSR count). The van der Waals surface area contributed by atoms with E-state index in [2.05, 4.69) is 5.16 Å². The Hall–Kier alpha value is -3.02. The molecule has 0 bridgehead atoms. The van der Waals surface area contributed by atoms with Gasteiger partial charge in [0.2, 0.25) is 11.8 Å². The number of benzene rings is 2. The molecule has 0 aliphatic carbocycles. The summed E-state index contributed by atoms with van der Waals surface area (Å²) in [5.74, 6) is -1.19. The molecule has 1 N–H and O–H groups in total. The monoisotopic (exact) mass is 356 g/mol. The third-order valence-electron chi connectivity index (χ3n) is 4.11. The van der Waals surface area contributed by atoms with Crippen molar-refractivity contribution in [3.63, 3.8) is 0 Å². The van der Waals surface area contributed by atoms with Crippen LogP contribution < -0.4 is 0 Å². The maximum absolute atomic E-state index is 13.0. The first-order valence-corrected chi connectivity index (χ1v) is 8.24. The van der Waals surface area contributed by atoms with Crippen molar-refractivity contribution in [2.24, 2.45) is 11.1 Å². The lowest BCUT2D eigenvalue weighted by Crippen LogP contribution is -2.40. The van der Waals surface area contributed by atoms with E-state index in [1.165, 1.54) is 31.2 Å². The lowest BCUT2D eigenvalue weighted by Gasteiger charge is -2.22. The van der Waals surface area contributed by atoms with Gasteiger partial charge in [-0.1, -0.05) is 49.3 Å². The van der Waals surface area contributed by atoms with E-state index in [1.807, 2.05) is 6.07 Å². The van der Waals surface area contributed by atoms with Gasteiger partial charge in [0.1, 0.15) is 5.82 Å². The molecule has 0 heterocycles. The summed E-state index contributed by atoms with van der Waals surface area (Å²) in [4.78, 5) is 12.6. The second kappa shape index (κ2) is 8.38. The summed E-state index contributed by atoms with van der Waals surface area (Å²) >= 11 is 0. The van der Waals surface area contributed by atoms with E-state index in [9.17, 15) is 19.6 Å². The van der Waals surface area contributed by atoms with Gasteiger partial charge < -0.3 is 10.4 Å². The lowest BCUT2D eigenvalue weighted by atomic mass is 9.94. The van der Waals surface area contributed by atoms with Crippen molar-refractivity contribution in [3.05, 3.63) is 76.7 Å². The highest BCUT2D eigenvalue weighted by molar-refractivity contribution is 6.43. The second-order valence-electron chi connectivity index (χ2n) is 6.29. The fourth-order valence-corrected chi connectivity index (χ4v) is 2.71. The SMILES string of the molecule is C/C(C(=O)c1ccc(F)cc1)=[N+](/[O-])C(/C(=N/O)c1ccccc1)C(C)C. The summed E-state index contributed by atoms with van der Waals surface area (Å²) in [6.07, 6.45) is 0. The Bertz CT molecular complexity index is 828. The summed E-state index contributed by atoms with van der Waals surface area (Å²) in [6.45, 7) is 5.02. The number of carbonyl (C=O) groups is 1. The van der Waals surface area contributed by atoms with Gasteiger partial charge in [-0.25, -0.2) is 4.39 Å². The molecule has 1 atom stereocenters. The zero-order chi connectivity index (χ0) is 19.3. The summed E-state index contributed by atoms with van der Waals surface area (Å²) < 4.78 is 13.6. The molecule has 0 fully saturated rings. The van der Waals surface area contributed by atoms with Crippen LogP contribution in [0.25, 0.3) is 0 Å². The van der Waals surface area contributed by atoms with Crippen molar-refractivity contribution in [1.29, 1.82) is 0 Å². The van der Waals surface area contributed by atoms with Crippen LogP contribution in [0.4, 0.5) is 4.39 Å². The Morgan fingerprint density at radius 1 is 1.08 bits per heavy atom. The second-order valence-corrected chi connectivity index (χ2v) is 6.29. The molecule has 0 amide bonds. The van der Waals surface area contributed by atoms with Crippen molar-refractivity contribution in [1.82, 2.24) is 0 Å². The van der Waals surface area contributed by atoms with E-state index in [0.29, 0.717) is 10.3 Å². The largest absolute Gasteiger partial charge is 0.623 e. The number of rotatable bonds is 6. The summed E-state index contributed by atoms with van der Waals surface area (Å²) in [7, 11) is 0. The van der Waals surface area contributed by atoms with Crippen LogP contribution in [-0.2, 0) is 0 Å². The number of carbonyl (C=O) groups excluding carboxylic acids is 1. The highest BCUT2D eigenvalue weighted by atomic mass is 19.1. The van der Waals surface area contributed by atoms with Gasteiger partial charge in [-0.05, 0) is 24.3 Å². The van der Waals surface area contributed by atoms with Gasteiger partial charge in [-0.2, -0.15) is 4.74 Å².